The molecule has 0 unspecified atom stereocenters. The monoisotopic (exact) mass is 376 g/mol. The maximum absolute atomic E-state index is 5.78. The highest BCUT2D eigenvalue weighted by molar-refractivity contribution is 9.10. The Hall–Kier alpha value is -1.20. The average molecular weight is 377 g/mol. The van der Waals surface area contributed by atoms with E-state index >= 15 is 0 Å². The first-order valence-corrected chi connectivity index (χ1v) is 9.25. The van der Waals surface area contributed by atoms with Gasteiger partial charge in [0.25, 0.3) is 0 Å². The topological polar surface area (TPSA) is 48.2 Å². The molecule has 5 heteroatoms. The fraction of sp³-hybridized carbons (Fsp3) is 0.556. The lowest BCUT2D eigenvalue weighted by molar-refractivity contribution is 0.0523. The van der Waals surface area contributed by atoms with E-state index in [9.17, 15) is 0 Å². The Morgan fingerprint density at radius 3 is 2.65 bits per heavy atom. The summed E-state index contributed by atoms with van der Waals surface area (Å²) in [4.78, 5) is 4.85. The lowest BCUT2D eigenvalue weighted by Crippen LogP contribution is -2.35. The Kier molecular flexibility index (Phi) is 4.24. The highest BCUT2D eigenvalue weighted by Crippen LogP contribution is 2.42. The molecule has 0 spiro atoms. The Morgan fingerprint density at radius 2 is 1.91 bits per heavy atom. The summed E-state index contributed by atoms with van der Waals surface area (Å²) in [5.41, 5.74) is 1.02. The van der Waals surface area contributed by atoms with Gasteiger partial charge < -0.3 is 9.26 Å². The summed E-state index contributed by atoms with van der Waals surface area (Å²) in [7, 11) is 0. The molecule has 2 aliphatic rings. The van der Waals surface area contributed by atoms with E-state index in [2.05, 4.69) is 39.3 Å². The smallest absolute Gasteiger partial charge is 0.237 e. The maximum Gasteiger partial charge on any atom is 0.237 e. The van der Waals surface area contributed by atoms with Crippen molar-refractivity contribution in [2.45, 2.75) is 49.9 Å². The first kappa shape index (κ1) is 15.3. The summed E-state index contributed by atoms with van der Waals surface area (Å²) in [5.74, 6) is 2.14. The van der Waals surface area contributed by atoms with Crippen LogP contribution in [-0.4, -0.2) is 23.4 Å². The molecule has 0 radical (unpaired) electrons. The zero-order valence-corrected chi connectivity index (χ0v) is 14.7. The van der Waals surface area contributed by atoms with Crippen molar-refractivity contribution in [2.75, 3.05) is 13.2 Å². The molecular weight excluding hydrogens is 356 g/mol. The second-order valence-electron chi connectivity index (χ2n) is 6.64. The molecule has 1 saturated heterocycles. The third-order valence-corrected chi connectivity index (χ3v) is 5.79. The Balaban J connectivity index is 1.73. The van der Waals surface area contributed by atoms with Crippen LogP contribution < -0.4 is 0 Å². The summed E-state index contributed by atoms with van der Waals surface area (Å²) in [6.45, 7) is 1.46. The molecule has 2 heterocycles. The minimum absolute atomic E-state index is 0.216. The molecule has 0 amide bonds. The van der Waals surface area contributed by atoms with Gasteiger partial charge in [-0.3, -0.25) is 0 Å². The van der Waals surface area contributed by atoms with Gasteiger partial charge in [-0.05, 0) is 43.4 Å². The molecule has 2 fully saturated rings. The van der Waals surface area contributed by atoms with E-state index in [1.54, 1.807) is 0 Å². The van der Waals surface area contributed by atoms with Crippen molar-refractivity contribution >= 4 is 15.9 Å². The number of hydrogen-bond donors (Lipinski definition) is 0. The van der Waals surface area contributed by atoms with E-state index in [0.29, 0.717) is 5.92 Å². The summed E-state index contributed by atoms with van der Waals surface area (Å²) in [5, 5.41) is 4.33. The summed E-state index contributed by atoms with van der Waals surface area (Å²) >= 11 is 3.59. The normalized spacial score (nSPS) is 21.6. The van der Waals surface area contributed by atoms with Gasteiger partial charge in [-0.15, -0.1) is 0 Å². The Labute approximate surface area is 144 Å². The first-order valence-electron chi connectivity index (χ1n) is 8.46. The fourth-order valence-electron chi connectivity index (χ4n) is 3.91. The Morgan fingerprint density at radius 1 is 1.13 bits per heavy atom. The molecule has 4 nitrogen and oxygen atoms in total. The molecule has 1 aliphatic carbocycles. The summed E-state index contributed by atoms with van der Waals surface area (Å²) in [6, 6.07) is 8.46. The van der Waals surface area contributed by atoms with E-state index in [0.717, 1.165) is 42.2 Å². The van der Waals surface area contributed by atoms with Crippen molar-refractivity contribution in [3.05, 3.63) is 46.0 Å². The van der Waals surface area contributed by atoms with Crippen LogP contribution >= 0.6 is 15.9 Å². The van der Waals surface area contributed by atoms with Gasteiger partial charge in [-0.1, -0.05) is 46.1 Å². The van der Waals surface area contributed by atoms with E-state index in [-0.39, 0.29) is 5.41 Å². The third kappa shape index (κ3) is 2.85. The van der Waals surface area contributed by atoms with Crippen LogP contribution in [0.4, 0.5) is 0 Å². The molecule has 0 bridgehead atoms. The molecule has 122 valence electrons. The lowest BCUT2D eigenvalue weighted by Gasteiger charge is -2.34. The van der Waals surface area contributed by atoms with Crippen molar-refractivity contribution in [1.29, 1.82) is 0 Å². The van der Waals surface area contributed by atoms with Gasteiger partial charge in [0.05, 0.1) is 5.41 Å². The van der Waals surface area contributed by atoms with Crippen LogP contribution in [0.5, 0.6) is 0 Å². The predicted molar refractivity (Wildman–Crippen MR) is 90.5 cm³/mol. The maximum atomic E-state index is 5.78. The average Bonchev–Trinajstić information content (AvgIpc) is 3.27. The van der Waals surface area contributed by atoms with Gasteiger partial charge in [-0.2, -0.15) is 4.98 Å². The molecule has 1 aromatic heterocycles. The minimum Gasteiger partial charge on any atom is -0.381 e. The highest BCUT2D eigenvalue weighted by Gasteiger charge is 2.42. The fourth-order valence-corrected chi connectivity index (χ4v) is 4.31. The first-order chi connectivity index (χ1) is 11.3. The predicted octanol–water partition coefficient (Wildman–Crippen LogP) is 4.59. The van der Waals surface area contributed by atoms with Crippen LogP contribution in [0.15, 0.2) is 33.3 Å². The number of halogens is 1. The number of ether oxygens (including phenoxy) is 1. The lowest BCUT2D eigenvalue weighted by atomic mass is 9.74. The van der Waals surface area contributed by atoms with Gasteiger partial charge in [-0.25, -0.2) is 0 Å². The number of hydrogen-bond acceptors (Lipinski definition) is 4. The highest BCUT2D eigenvalue weighted by atomic mass is 79.9. The van der Waals surface area contributed by atoms with Gasteiger partial charge in [0.15, 0.2) is 5.82 Å². The standard InChI is InChI=1S/C18H21BrN2O2/c19-15-7-3-6-14(12-15)18(8-10-22-11-9-18)17-20-16(21-23-17)13-4-1-2-5-13/h3,6-7,12-13H,1-2,4-5,8-11H2. The van der Waals surface area contributed by atoms with Crippen molar-refractivity contribution in [3.8, 4) is 0 Å². The molecule has 0 atom stereocenters. The van der Waals surface area contributed by atoms with E-state index in [1.807, 2.05) is 6.07 Å². The zero-order chi connectivity index (χ0) is 15.7. The number of rotatable bonds is 3. The third-order valence-electron chi connectivity index (χ3n) is 5.29. The molecular formula is C18H21BrN2O2. The van der Waals surface area contributed by atoms with Gasteiger partial charge in [0, 0.05) is 23.6 Å². The van der Waals surface area contributed by atoms with Crippen molar-refractivity contribution in [2.24, 2.45) is 0 Å². The van der Waals surface area contributed by atoms with Crippen LogP contribution in [0.3, 0.4) is 0 Å². The molecule has 1 aromatic carbocycles. The van der Waals surface area contributed by atoms with E-state index in [1.165, 1.54) is 31.2 Å². The van der Waals surface area contributed by atoms with Crippen LogP contribution in [0.1, 0.15) is 61.7 Å². The second-order valence-corrected chi connectivity index (χ2v) is 7.56. The molecule has 23 heavy (non-hydrogen) atoms. The van der Waals surface area contributed by atoms with Crippen molar-refractivity contribution in [1.82, 2.24) is 10.1 Å². The number of benzene rings is 1. The molecule has 1 saturated carbocycles. The van der Waals surface area contributed by atoms with Crippen LogP contribution in [-0.2, 0) is 10.2 Å². The van der Waals surface area contributed by atoms with Gasteiger partial charge in [0.2, 0.25) is 5.89 Å². The molecule has 1 aliphatic heterocycles. The molecule has 4 rings (SSSR count). The zero-order valence-electron chi connectivity index (χ0n) is 13.1. The van der Waals surface area contributed by atoms with Gasteiger partial charge >= 0.3 is 0 Å². The van der Waals surface area contributed by atoms with Crippen LogP contribution in [0.2, 0.25) is 0 Å². The van der Waals surface area contributed by atoms with Crippen molar-refractivity contribution in [3.63, 3.8) is 0 Å². The largest absolute Gasteiger partial charge is 0.381 e. The van der Waals surface area contributed by atoms with E-state index in [4.69, 9.17) is 14.2 Å². The Bertz CT molecular complexity index is 673. The van der Waals surface area contributed by atoms with Crippen molar-refractivity contribution < 1.29 is 9.26 Å². The number of nitrogens with zero attached hydrogens (tertiary/aromatic N) is 2. The van der Waals surface area contributed by atoms with Gasteiger partial charge in [0.1, 0.15) is 0 Å². The van der Waals surface area contributed by atoms with E-state index < -0.39 is 0 Å². The summed E-state index contributed by atoms with van der Waals surface area (Å²) in [6.07, 6.45) is 6.70. The van der Waals surface area contributed by atoms with Crippen LogP contribution in [0, 0.1) is 0 Å². The second kappa shape index (κ2) is 6.36. The minimum atomic E-state index is -0.216. The quantitative estimate of drug-likeness (QED) is 0.785. The number of aromatic nitrogens is 2. The molecule has 2 aromatic rings. The molecule has 0 N–H and O–H groups in total. The SMILES string of the molecule is Brc1cccc(C2(c3nc(C4CCCC4)no3)CCOCC2)c1. The summed E-state index contributed by atoms with van der Waals surface area (Å²) < 4.78 is 12.5. The van der Waals surface area contributed by atoms with Crippen LogP contribution in [0.25, 0.3) is 0 Å².